The number of hydrogen-bond donors (Lipinski definition) is 1. The molecule has 0 aliphatic rings. The molecule has 6 heteroatoms. The monoisotopic (exact) mass is 279 g/mol. The van der Waals surface area contributed by atoms with Gasteiger partial charge in [-0.05, 0) is 19.1 Å². The van der Waals surface area contributed by atoms with Gasteiger partial charge >= 0.3 is 0 Å². The van der Waals surface area contributed by atoms with Crippen LogP contribution in [0.25, 0.3) is 0 Å². The highest BCUT2D eigenvalue weighted by molar-refractivity contribution is 7.13. The van der Waals surface area contributed by atoms with E-state index in [0.29, 0.717) is 23.1 Å². The Labute approximate surface area is 114 Å². The van der Waals surface area contributed by atoms with Gasteiger partial charge < -0.3 is 10.6 Å². The Morgan fingerprint density at radius 2 is 2.21 bits per heavy atom. The Balaban J connectivity index is 2.18. The highest BCUT2D eigenvalue weighted by Crippen LogP contribution is 2.20. The van der Waals surface area contributed by atoms with Gasteiger partial charge in [-0.25, -0.2) is 9.37 Å². The lowest BCUT2D eigenvalue weighted by Gasteiger charge is -2.21. The van der Waals surface area contributed by atoms with E-state index in [1.807, 2.05) is 0 Å². The first kappa shape index (κ1) is 13.5. The minimum absolute atomic E-state index is 0.121. The molecule has 0 saturated carbocycles. The van der Waals surface area contributed by atoms with Gasteiger partial charge in [0.05, 0.1) is 17.8 Å². The number of para-hydroxylation sites is 1. The highest BCUT2D eigenvalue weighted by Gasteiger charge is 2.18. The summed E-state index contributed by atoms with van der Waals surface area (Å²) in [5.41, 5.74) is 6.42. The Kier molecular flexibility index (Phi) is 4.11. The number of aromatic nitrogens is 1. The van der Waals surface area contributed by atoms with Crippen LogP contribution >= 0.6 is 11.3 Å². The Morgan fingerprint density at radius 3 is 2.79 bits per heavy atom. The third-order valence-corrected chi connectivity index (χ3v) is 3.39. The minimum atomic E-state index is -0.407. The van der Waals surface area contributed by atoms with Gasteiger partial charge in [-0.1, -0.05) is 12.1 Å². The maximum absolute atomic E-state index is 13.7. The lowest BCUT2D eigenvalue weighted by Crippen LogP contribution is -2.32. The van der Waals surface area contributed by atoms with E-state index in [1.54, 1.807) is 30.5 Å². The van der Waals surface area contributed by atoms with E-state index in [1.165, 1.54) is 22.3 Å². The number of likely N-dealkylation sites (N-methyl/N-ethyl adjacent to an activating group) is 1. The van der Waals surface area contributed by atoms with E-state index in [0.717, 1.165) is 0 Å². The first-order valence-electron chi connectivity index (χ1n) is 5.86. The second kappa shape index (κ2) is 5.79. The Morgan fingerprint density at radius 1 is 1.47 bits per heavy atom. The first-order valence-corrected chi connectivity index (χ1v) is 6.74. The van der Waals surface area contributed by atoms with E-state index in [4.69, 9.17) is 5.73 Å². The normalized spacial score (nSPS) is 10.4. The van der Waals surface area contributed by atoms with Crippen LogP contribution in [0, 0.1) is 5.82 Å². The summed E-state index contributed by atoms with van der Waals surface area (Å²) in [6, 6.07) is 6.23. The number of hydrogen-bond acceptors (Lipinski definition) is 4. The van der Waals surface area contributed by atoms with Crippen molar-refractivity contribution in [2.75, 3.05) is 17.2 Å². The van der Waals surface area contributed by atoms with Gasteiger partial charge in [-0.15, -0.1) is 11.3 Å². The molecule has 1 aromatic heterocycles. The van der Waals surface area contributed by atoms with E-state index >= 15 is 0 Å². The van der Waals surface area contributed by atoms with Crippen molar-refractivity contribution in [3.63, 3.8) is 0 Å². The van der Waals surface area contributed by atoms with Crippen LogP contribution in [0.2, 0.25) is 0 Å². The van der Waals surface area contributed by atoms with E-state index < -0.39 is 5.82 Å². The lowest BCUT2D eigenvalue weighted by atomic mass is 10.2. The third kappa shape index (κ3) is 3.08. The second-order valence-corrected chi connectivity index (χ2v) is 4.83. The molecule has 0 bridgehead atoms. The summed E-state index contributed by atoms with van der Waals surface area (Å²) < 4.78 is 13.7. The predicted octanol–water partition coefficient (Wildman–Crippen LogP) is 2.46. The minimum Gasteiger partial charge on any atom is -0.375 e. The summed E-state index contributed by atoms with van der Waals surface area (Å²) in [5.74, 6) is -0.603. The summed E-state index contributed by atoms with van der Waals surface area (Å²) in [5, 5.41) is 2.17. The molecule has 4 nitrogen and oxygen atoms in total. The van der Waals surface area contributed by atoms with Crippen molar-refractivity contribution in [2.45, 2.75) is 13.3 Å². The zero-order valence-corrected chi connectivity index (χ0v) is 11.3. The first-order chi connectivity index (χ1) is 9.11. The van der Waals surface area contributed by atoms with Crippen LogP contribution in [0.3, 0.4) is 0 Å². The smallest absolute Gasteiger partial charge is 0.233 e. The second-order valence-electron chi connectivity index (χ2n) is 3.94. The van der Waals surface area contributed by atoms with Crippen molar-refractivity contribution >= 4 is 28.1 Å². The van der Waals surface area contributed by atoms with Gasteiger partial charge in [0.15, 0.2) is 5.13 Å². The maximum atomic E-state index is 13.7. The number of rotatable bonds is 4. The topological polar surface area (TPSA) is 59.2 Å². The fourth-order valence-corrected chi connectivity index (χ4v) is 2.37. The van der Waals surface area contributed by atoms with Crippen LogP contribution in [0.4, 0.5) is 15.2 Å². The summed E-state index contributed by atoms with van der Waals surface area (Å²) in [6.07, 6.45) is 0.121. The van der Waals surface area contributed by atoms with Crippen LogP contribution in [0.5, 0.6) is 0 Å². The van der Waals surface area contributed by atoms with Gasteiger partial charge in [0.1, 0.15) is 5.82 Å². The largest absolute Gasteiger partial charge is 0.375 e. The number of benzene rings is 1. The van der Waals surface area contributed by atoms with Crippen LogP contribution in [0.1, 0.15) is 12.6 Å². The fraction of sp³-hybridized carbons (Fsp3) is 0.231. The molecular formula is C13H14FN3OS. The molecule has 1 aromatic carbocycles. The van der Waals surface area contributed by atoms with Crippen molar-refractivity contribution in [1.82, 2.24) is 4.98 Å². The van der Waals surface area contributed by atoms with E-state index in [2.05, 4.69) is 4.98 Å². The average molecular weight is 279 g/mol. The summed E-state index contributed by atoms with van der Waals surface area (Å²) in [7, 11) is 0. The molecule has 100 valence electrons. The standard InChI is InChI=1S/C13H14FN3OS/c1-2-17(11-6-4-3-5-10(11)14)12(18)7-9-8-19-13(15)16-9/h3-6,8H,2,7H2,1H3,(H2,15,16). The van der Waals surface area contributed by atoms with Gasteiger partial charge in [-0.3, -0.25) is 4.79 Å². The molecule has 0 aliphatic carbocycles. The molecular weight excluding hydrogens is 265 g/mol. The number of amides is 1. The molecule has 0 radical (unpaired) electrons. The van der Waals surface area contributed by atoms with Crippen LogP contribution in [-0.2, 0) is 11.2 Å². The molecule has 0 fully saturated rings. The Hall–Kier alpha value is -1.95. The average Bonchev–Trinajstić information content (AvgIpc) is 2.78. The van der Waals surface area contributed by atoms with Crippen LogP contribution < -0.4 is 10.6 Å². The summed E-state index contributed by atoms with van der Waals surface area (Å²) in [4.78, 5) is 17.6. The number of nitrogens with two attached hydrogens (primary N) is 1. The highest BCUT2D eigenvalue weighted by atomic mass is 32.1. The number of carbonyl (C=O) groups is 1. The maximum Gasteiger partial charge on any atom is 0.233 e. The zero-order valence-electron chi connectivity index (χ0n) is 10.5. The molecule has 0 saturated heterocycles. The van der Waals surface area contributed by atoms with E-state index in [-0.39, 0.29) is 12.3 Å². The molecule has 0 spiro atoms. The summed E-state index contributed by atoms with van der Waals surface area (Å²) >= 11 is 1.29. The predicted molar refractivity (Wildman–Crippen MR) is 74.7 cm³/mol. The molecule has 1 amide bonds. The molecule has 2 aromatic rings. The lowest BCUT2D eigenvalue weighted by molar-refractivity contribution is -0.118. The van der Waals surface area contributed by atoms with Crippen molar-refractivity contribution < 1.29 is 9.18 Å². The zero-order chi connectivity index (χ0) is 13.8. The van der Waals surface area contributed by atoms with Crippen molar-refractivity contribution in [3.05, 3.63) is 41.2 Å². The summed E-state index contributed by atoms with van der Waals surface area (Å²) in [6.45, 7) is 2.21. The SMILES string of the molecule is CCN(C(=O)Cc1csc(N)n1)c1ccccc1F. The molecule has 0 unspecified atom stereocenters. The van der Waals surface area contributed by atoms with Gasteiger partial charge in [-0.2, -0.15) is 0 Å². The number of carbonyl (C=O) groups excluding carboxylic acids is 1. The fourth-order valence-electron chi connectivity index (χ4n) is 1.81. The van der Waals surface area contributed by atoms with Gasteiger partial charge in [0, 0.05) is 11.9 Å². The number of thiazole rings is 1. The van der Waals surface area contributed by atoms with Gasteiger partial charge in [0.2, 0.25) is 5.91 Å². The molecule has 2 N–H and O–H groups in total. The molecule has 19 heavy (non-hydrogen) atoms. The van der Waals surface area contributed by atoms with Gasteiger partial charge in [0.25, 0.3) is 0 Å². The number of halogens is 1. The van der Waals surface area contributed by atoms with Crippen molar-refractivity contribution in [3.8, 4) is 0 Å². The van der Waals surface area contributed by atoms with Crippen molar-refractivity contribution in [2.24, 2.45) is 0 Å². The van der Waals surface area contributed by atoms with Crippen LogP contribution in [-0.4, -0.2) is 17.4 Å². The molecule has 2 rings (SSSR count). The van der Waals surface area contributed by atoms with Crippen molar-refractivity contribution in [1.29, 1.82) is 0 Å². The number of anilines is 2. The number of nitrogens with zero attached hydrogens (tertiary/aromatic N) is 2. The molecule has 1 heterocycles. The third-order valence-electron chi connectivity index (χ3n) is 2.66. The quantitative estimate of drug-likeness (QED) is 0.935. The molecule has 0 atom stereocenters. The van der Waals surface area contributed by atoms with E-state index in [9.17, 15) is 9.18 Å². The Bertz CT molecular complexity index is 585. The molecule has 0 aliphatic heterocycles. The number of nitrogen functional groups attached to an aromatic ring is 1. The van der Waals surface area contributed by atoms with Crippen LogP contribution in [0.15, 0.2) is 29.6 Å².